The molecular weight excluding hydrogens is 367 g/mol. The third-order valence-corrected chi connectivity index (χ3v) is 4.65. The van der Waals surface area contributed by atoms with E-state index in [9.17, 15) is 13.2 Å². The van der Waals surface area contributed by atoms with E-state index in [1.165, 1.54) is 7.05 Å². The third kappa shape index (κ3) is 3.72. The van der Waals surface area contributed by atoms with Crippen molar-refractivity contribution in [3.63, 3.8) is 0 Å². The molecule has 9 nitrogen and oxygen atoms in total. The van der Waals surface area contributed by atoms with Crippen LogP contribution in [-0.2, 0) is 16.6 Å². The fourth-order valence-electron chi connectivity index (χ4n) is 1.61. The molecule has 23 heavy (non-hydrogen) atoms. The first-order valence-electron chi connectivity index (χ1n) is 6.13. The number of halogens is 2. The summed E-state index contributed by atoms with van der Waals surface area (Å²) in [6, 6.07) is 4.07. The van der Waals surface area contributed by atoms with Gasteiger partial charge in [-0.05, 0) is 12.1 Å². The highest BCUT2D eigenvalue weighted by atomic mass is 35.5. The SMILES string of the molecule is CNC(=O)n1nc(S(=O)(=O)NCc2c(Cl)cccc2Cl)nc1N. The molecule has 1 aromatic carbocycles. The van der Waals surface area contributed by atoms with Crippen LogP contribution in [0.5, 0.6) is 0 Å². The van der Waals surface area contributed by atoms with Gasteiger partial charge in [0, 0.05) is 29.2 Å². The zero-order valence-electron chi connectivity index (χ0n) is 11.7. The minimum Gasteiger partial charge on any atom is -0.368 e. The number of amides is 1. The second-order valence-corrected chi connectivity index (χ2v) is 6.72. The summed E-state index contributed by atoms with van der Waals surface area (Å²) in [7, 11) is -2.76. The van der Waals surface area contributed by atoms with E-state index < -0.39 is 21.2 Å². The summed E-state index contributed by atoms with van der Waals surface area (Å²) in [6.07, 6.45) is 0. The number of nitrogens with two attached hydrogens (primary N) is 1. The molecule has 0 aliphatic heterocycles. The zero-order chi connectivity index (χ0) is 17.2. The van der Waals surface area contributed by atoms with Crippen LogP contribution in [0.25, 0.3) is 0 Å². The van der Waals surface area contributed by atoms with E-state index in [4.69, 9.17) is 28.9 Å². The lowest BCUT2D eigenvalue weighted by atomic mass is 10.2. The molecule has 1 amide bonds. The monoisotopic (exact) mass is 378 g/mol. The van der Waals surface area contributed by atoms with Crippen molar-refractivity contribution in [1.82, 2.24) is 24.8 Å². The number of nitrogen functional groups attached to an aromatic ring is 1. The zero-order valence-corrected chi connectivity index (χ0v) is 14.1. The lowest BCUT2D eigenvalue weighted by Crippen LogP contribution is -2.28. The van der Waals surface area contributed by atoms with Crippen molar-refractivity contribution in [1.29, 1.82) is 0 Å². The van der Waals surface area contributed by atoms with Crippen molar-refractivity contribution in [3.05, 3.63) is 33.8 Å². The minimum absolute atomic E-state index is 0.171. The van der Waals surface area contributed by atoms with Gasteiger partial charge >= 0.3 is 6.03 Å². The summed E-state index contributed by atoms with van der Waals surface area (Å²) in [5.41, 5.74) is 5.87. The van der Waals surface area contributed by atoms with Crippen LogP contribution in [0.2, 0.25) is 10.0 Å². The summed E-state index contributed by atoms with van der Waals surface area (Å²) in [5, 5.41) is 5.79. The second-order valence-electron chi connectivity index (χ2n) is 4.24. The maximum atomic E-state index is 12.2. The normalized spacial score (nSPS) is 11.4. The maximum Gasteiger partial charge on any atom is 0.345 e. The quantitative estimate of drug-likeness (QED) is 0.721. The van der Waals surface area contributed by atoms with Crippen molar-refractivity contribution in [2.45, 2.75) is 11.7 Å². The number of hydrogen-bond acceptors (Lipinski definition) is 6. The third-order valence-electron chi connectivity index (χ3n) is 2.76. The Bertz CT molecular complexity index is 831. The van der Waals surface area contributed by atoms with Gasteiger partial charge in [0.2, 0.25) is 5.95 Å². The van der Waals surface area contributed by atoms with E-state index in [1.54, 1.807) is 18.2 Å². The predicted octanol–water partition coefficient (Wildman–Crippen LogP) is 0.833. The Morgan fingerprint density at radius 3 is 2.52 bits per heavy atom. The summed E-state index contributed by atoms with van der Waals surface area (Å²) in [6.45, 7) is -0.171. The van der Waals surface area contributed by atoms with E-state index in [-0.39, 0.29) is 12.5 Å². The van der Waals surface area contributed by atoms with E-state index in [2.05, 4.69) is 20.1 Å². The fourth-order valence-corrected chi connectivity index (χ4v) is 3.00. The van der Waals surface area contributed by atoms with E-state index in [0.29, 0.717) is 20.3 Å². The van der Waals surface area contributed by atoms with E-state index in [1.807, 2.05) is 0 Å². The highest BCUT2D eigenvalue weighted by molar-refractivity contribution is 7.89. The Balaban J connectivity index is 2.25. The minimum atomic E-state index is -4.11. The highest BCUT2D eigenvalue weighted by Crippen LogP contribution is 2.24. The largest absolute Gasteiger partial charge is 0.368 e. The molecule has 2 aromatic rings. The Hall–Kier alpha value is -1.88. The first-order valence-corrected chi connectivity index (χ1v) is 8.37. The molecule has 1 heterocycles. The van der Waals surface area contributed by atoms with Crippen molar-refractivity contribution in [2.24, 2.45) is 0 Å². The molecule has 124 valence electrons. The van der Waals surface area contributed by atoms with Crippen LogP contribution < -0.4 is 15.8 Å². The molecule has 0 spiro atoms. The summed E-state index contributed by atoms with van der Waals surface area (Å²) in [5.74, 6) is -0.361. The lowest BCUT2D eigenvalue weighted by Gasteiger charge is -2.07. The molecule has 0 aliphatic rings. The van der Waals surface area contributed by atoms with Crippen LogP contribution in [-0.4, -0.2) is 36.3 Å². The average Bonchev–Trinajstić information content (AvgIpc) is 2.89. The number of sulfonamides is 1. The molecule has 0 atom stereocenters. The Morgan fingerprint density at radius 2 is 1.96 bits per heavy atom. The molecule has 0 fully saturated rings. The van der Waals surface area contributed by atoms with Gasteiger partial charge in [0.05, 0.1) is 0 Å². The number of anilines is 1. The van der Waals surface area contributed by atoms with Gasteiger partial charge in [-0.25, -0.2) is 17.9 Å². The molecule has 0 saturated carbocycles. The van der Waals surface area contributed by atoms with Crippen molar-refractivity contribution < 1.29 is 13.2 Å². The van der Waals surface area contributed by atoms with Crippen LogP contribution >= 0.6 is 23.2 Å². The number of carbonyl (C=O) groups is 1. The van der Waals surface area contributed by atoms with Gasteiger partial charge in [-0.2, -0.15) is 4.98 Å². The van der Waals surface area contributed by atoms with Gasteiger partial charge in [0.1, 0.15) is 0 Å². The molecule has 0 aliphatic carbocycles. The summed E-state index contributed by atoms with van der Waals surface area (Å²) in [4.78, 5) is 15.0. The van der Waals surface area contributed by atoms with Gasteiger partial charge in [-0.3, -0.25) is 0 Å². The predicted molar refractivity (Wildman–Crippen MR) is 84.8 cm³/mol. The maximum absolute atomic E-state index is 12.2. The average molecular weight is 379 g/mol. The molecule has 0 bridgehead atoms. The molecule has 0 unspecified atom stereocenters. The fraction of sp³-hybridized carbons (Fsp3) is 0.182. The smallest absolute Gasteiger partial charge is 0.345 e. The summed E-state index contributed by atoms with van der Waals surface area (Å²) < 4.78 is 27.2. The van der Waals surface area contributed by atoms with Gasteiger partial charge in [-0.15, -0.1) is 9.78 Å². The number of benzene rings is 1. The van der Waals surface area contributed by atoms with Gasteiger partial charge in [-0.1, -0.05) is 29.3 Å². The number of nitrogens with zero attached hydrogens (tertiary/aromatic N) is 3. The van der Waals surface area contributed by atoms with Crippen LogP contribution in [0.15, 0.2) is 23.4 Å². The van der Waals surface area contributed by atoms with Crippen LogP contribution in [0.1, 0.15) is 5.56 Å². The molecule has 12 heteroatoms. The first kappa shape index (κ1) is 17.5. The van der Waals surface area contributed by atoms with Crippen molar-refractivity contribution >= 4 is 45.2 Å². The van der Waals surface area contributed by atoms with Crippen LogP contribution in [0.4, 0.5) is 10.7 Å². The Labute approximate surface area is 141 Å². The van der Waals surface area contributed by atoms with Crippen molar-refractivity contribution in [3.8, 4) is 0 Å². The lowest BCUT2D eigenvalue weighted by molar-refractivity contribution is 0.241. The molecule has 2 rings (SSSR count). The molecule has 0 radical (unpaired) electrons. The molecular formula is C11H12Cl2N6O3S. The number of hydrogen-bond donors (Lipinski definition) is 3. The van der Waals surface area contributed by atoms with Crippen LogP contribution in [0.3, 0.4) is 0 Å². The van der Waals surface area contributed by atoms with Gasteiger partial charge < -0.3 is 11.1 Å². The van der Waals surface area contributed by atoms with Crippen molar-refractivity contribution in [2.75, 3.05) is 12.8 Å². The number of rotatable bonds is 4. The molecule has 0 saturated heterocycles. The number of carbonyl (C=O) groups excluding carboxylic acids is 1. The van der Waals surface area contributed by atoms with Crippen LogP contribution in [0, 0.1) is 0 Å². The highest BCUT2D eigenvalue weighted by Gasteiger charge is 2.24. The van der Waals surface area contributed by atoms with E-state index >= 15 is 0 Å². The second kappa shape index (κ2) is 6.71. The first-order chi connectivity index (χ1) is 10.8. The van der Waals surface area contributed by atoms with Gasteiger partial charge in [0.25, 0.3) is 15.2 Å². The summed E-state index contributed by atoms with van der Waals surface area (Å²) >= 11 is 11.9. The topological polar surface area (TPSA) is 132 Å². The Kier molecular flexibility index (Phi) is 5.09. The van der Waals surface area contributed by atoms with Gasteiger partial charge in [0.15, 0.2) is 0 Å². The molecule has 4 N–H and O–H groups in total. The number of nitrogens with one attached hydrogen (secondary N) is 2. The Morgan fingerprint density at radius 1 is 1.35 bits per heavy atom. The van der Waals surface area contributed by atoms with E-state index in [0.717, 1.165) is 0 Å². The molecule has 1 aromatic heterocycles. The number of aromatic nitrogens is 3. The standard InChI is InChI=1S/C11H12Cl2N6O3S/c1-15-11(20)19-9(14)17-10(18-19)23(21,22)16-5-6-7(12)3-2-4-8(6)13/h2-4,16H,5H2,1H3,(H,15,20)(H2,14,17,18).